The van der Waals surface area contributed by atoms with E-state index < -0.39 is 0 Å². The van der Waals surface area contributed by atoms with Gasteiger partial charge in [-0.05, 0) is 54.9 Å². The van der Waals surface area contributed by atoms with Gasteiger partial charge in [-0.3, -0.25) is 4.79 Å². The first-order valence-corrected chi connectivity index (χ1v) is 8.29. The second-order valence-electron chi connectivity index (χ2n) is 5.49. The maximum atomic E-state index is 11.8. The van der Waals surface area contributed by atoms with Crippen molar-refractivity contribution in [2.75, 3.05) is 18.9 Å². The summed E-state index contributed by atoms with van der Waals surface area (Å²) in [5.74, 6) is 0.860. The van der Waals surface area contributed by atoms with E-state index >= 15 is 0 Å². The zero-order valence-electron chi connectivity index (χ0n) is 12.0. The fourth-order valence-electron chi connectivity index (χ4n) is 2.45. The molecule has 1 atom stereocenters. The van der Waals surface area contributed by atoms with Gasteiger partial charge in [0, 0.05) is 18.0 Å². The highest BCUT2D eigenvalue weighted by Crippen LogP contribution is 2.27. The van der Waals surface area contributed by atoms with Gasteiger partial charge in [0.25, 0.3) is 0 Å². The van der Waals surface area contributed by atoms with E-state index in [9.17, 15) is 4.79 Å². The van der Waals surface area contributed by atoms with Crippen molar-refractivity contribution < 1.29 is 9.90 Å². The van der Waals surface area contributed by atoms with Gasteiger partial charge < -0.3 is 10.4 Å². The third-order valence-corrected chi connectivity index (χ3v) is 4.70. The molecule has 0 aromatic heterocycles. The lowest BCUT2D eigenvalue weighted by molar-refractivity contribution is -0.118. The maximum absolute atomic E-state index is 11.8. The molecule has 0 fully saturated rings. The number of aliphatic hydroxyl groups is 1. The monoisotopic (exact) mass is 293 g/mol. The Bertz CT molecular complexity index is 462. The minimum Gasteiger partial charge on any atom is -0.396 e. The molecule has 110 valence electrons. The normalized spacial score (nSPS) is 14.9. The number of benzene rings is 1. The van der Waals surface area contributed by atoms with Crippen molar-refractivity contribution in [2.24, 2.45) is 5.92 Å². The van der Waals surface area contributed by atoms with E-state index in [0.717, 1.165) is 6.42 Å². The van der Waals surface area contributed by atoms with Crippen molar-refractivity contribution in [3.05, 3.63) is 29.3 Å². The Hall–Kier alpha value is -1.00. The summed E-state index contributed by atoms with van der Waals surface area (Å²) < 4.78 is 0. The average Bonchev–Trinajstić information content (AvgIpc) is 2.90. The first-order chi connectivity index (χ1) is 9.69. The summed E-state index contributed by atoms with van der Waals surface area (Å²) in [6.07, 6.45) is 4.36. The molecule has 0 saturated carbocycles. The number of amides is 1. The van der Waals surface area contributed by atoms with Crippen LogP contribution in [0.3, 0.4) is 0 Å². The number of rotatable bonds is 7. The van der Waals surface area contributed by atoms with Gasteiger partial charge in [0.05, 0.1) is 5.75 Å². The molecular formula is C16H23NO2S. The predicted octanol–water partition coefficient (Wildman–Crippen LogP) is 2.40. The summed E-state index contributed by atoms with van der Waals surface area (Å²) in [5.41, 5.74) is 2.92. The predicted molar refractivity (Wildman–Crippen MR) is 83.1 cm³/mol. The molecule has 1 aromatic rings. The van der Waals surface area contributed by atoms with Gasteiger partial charge in [-0.1, -0.05) is 13.0 Å². The Morgan fingerprint density at radius 3 is 3.00 bits per heavy atom. The lowest BCUT2D eigenvalue weighted by Crippen LogP contribution is -2.30. The number of fused-ring (bicyclic) bond motifs is 1. The summed E-state index contributed by atoms with van der Waals surface area (Å²) >= 11 is 1.60. The van der Waals surface area contributed by atoms with Crippen molar-refractivity contribution >= 4 is 17.7 Å². The van der Waals surface area contributed by atoms with Crippen LogP contribution in [-0.4, -0.2) is 29.9 Å². The fourth-order valence-corrected chi connectivity index (χ4v) is 3.24. The van der Waals surface area contributed by atoms with Crippen molar-refractivity contribution in [1.82, 2.24) is 5.32 Å². The Balaban J connectivity index is 1.73. The smallest absolute Gasteiger partial charge is 0.230 e. The van der Waals surface area contributed by atoms with E-state index in [1.807, 2.05) is 6.92 Å². The van der Waals surface area contributed by atoms with Crippen LogP contribution in [0, 0.1) is 5.92 Å². The molecule has 0 radical (unpaired) electrons. The first-order valence-electron chi connectivity index (χ1n) is 7.31. The number of aryl methyl sites for hydroxylation is 2. The summed E-state index contributed by atoms with van der Waals surface area (Å²) in [4.78, 5) is 12.9. The number of carbonyl (C=O) groups excluding carboxylic acids is 1. The van der Waals surface area contributed by atoms with E-state index in [1.54, 1.807) is 11.8 Å². The van der Waals surface area contributed by atoms with E-state index in [0.29, 0.717) is 18.2 Å². The number of carbonyl (C=O) groups is 1. The molecule has 1 unspecified atom stereocenters. The molecule has 1 aliphatic carbocycles. The molecule has 1 amide bonds. The van der Waals surface area contributed by atoms with Crippen LogP contribution in [0.5, 0.6) is 0 Å². The van der Waals surface area contributed by atoms with Crippen molar-refractivity contribution in [3.8, 4) is 0 Å². The fraction of sp³-hybridized carbons (Fsp3) is 0.562. The zero-order chi connectivity index (χ0) is 14.4. The molecular weight excluding hydrogens is 270 g/mol. The molecule has 0 heterocycles. The number of hydrogen-bond acceptors (Lipinski definition) is 3. The van der Waals surface area contributed by atoms with Gasteiger partial charge in [-0.2, -0.15) is 0 Å². The highest BCUT2D eigenvalue weighted by atomic mass is 32.2. The highest BCUT2D eigenvalue weighted by Gasteiger charge is 2.11. The third-order valence-electron chi connectivity index (χ3n) is 3.71. The molecule has 0 spiro atoms. The van der Waals surface area contributed by atoms with Gasteiger partial charge in [0.15, 0.2) is 0 Å². The molecule has 3 nitrogen and oxygen atoms in total. The van der Waals surface area contributed by atoms with Crippen LogP contribution in [-0.2, 0) is 17.6 Å². The lowest BCUT2D eigenvalue weighted by atomic mass is 10.1. The molecule has 1 aromatic carbocycles. The largest absolute Gasteiger partial charge is 0.396 e. The van der Waals surface area contributed by atoms with Crippen LogP contribution in [0.25, 0.3) is 0 Å². The van der Waals surface area contributed by atoms with Crippen molar-refractivity contribution in [1.29, 1.82) is 0 Å². The SMILES string of the molecule is CC(CCO)CNC(=O)CSc1ccc2c(c1)CCC2. The van der Waals surface area contributed by atoms with E-state index in [2.05, 4.69) is 23.5 Å². The van der Waals surface area contributed by atoms with Crippen LogP contribution < -0.4 is 5.32 Å². The quantitative estimate of drug-likeness (QED) is 0.759. The van der Waals surface area contributed by atoms with Gasteiger partial charge in [-0.25, -0.2) is 0 Å². The van der Waals surface area contributed by atoms with Crippen LogP contribution >= 0.6 is 11.8 Å². The molecule has 1 aliphatic rings. The van der Waals surface area contributed by atoms with E-state index in [4.69, 9.17) is 5.11 Å². The van der Waals surface area contributed by atoms with Crippen molar-refractivity contribution in [2.45, 2.75) is 37.5 Å². The number of thioether (sulfide) groups is 1. The van der Waals surface area contributed by atoms with Crippen LogP contribution in [0.2, 0.25) is 0 Å². The summed E-state index contributed by atoms with van der Waals surface area (Å²) in [6.45, 7) is 2.86. The first kappa shape index (κ1) is 15.4. The molecule has 0 saturated heterocycles. The summed E-state index contributed by atoms with van der Waals surface area (Å²) in [7, 11) is 0. The third kappa shape index (κ3) is 4.53. The van der Waals surface area contributed by atoms with E-state index in [-0.39, 0.29) is 12.5 Å². The molecule has 2 rings (SSSR count). The molecule has 0 aliphatic heterocycles. The minimum atomic E-state index is 0.0697. The number of hydrogen-bond donors (Lipinski definition) is 2. The number of aliphatic hydroxyl groups excluding tert-OH is 1. The highest BCUT2D eigenvalue weighted by molar-refractivity contribution is 8.00. The molecule has 4 heteroatoms. The summed E-state index contributed by atoms with van der Waals surface area (Å²) in [5, 5.41) is 11.7. The van der Waals surface area contributed by atoms with Gasteiger partial charge in [-0.15, -0.1) is 11.8 Å². The maximum Gasteiger partial charge on any atom is 0.230 e. The van der Waals surface area contributed by atoms with Crippen LogP contribution in [0.15, 0.2) is 23.1 Å². The lowest BCUT2D eigenvalue weighted by Gasteiger charge is -2.11. The van der Waals surface area contributed by atoms with Crippen LogP contribution in [0.1, 0.15) is 30.9 Å². The zero-order valence-corrected chi connectivity index (χ0v) is 12.8. The Labute approximate surface area is 125 Å². The van der Waals surface area contributed by atoms with Gasteiger partial charge in [0.1, 0.15) is 0 Å². The van der Waals surface area contributed by atoms with Gasteiger partial charge in [0.2, 0.25) is 5.91 Å². The Kier molecular flexibility index (Phi) is 5.92. The molecule has 0 bridgehead atoms. The van der Waals surface area contributed by atoms with Crippen LogP contribution in [0.4, 0.5) is 0 Å². The minimum absolute atomic E-state index is 0.0697. The summed E-state index contributed by atoms with van der Waals surface area (Å²) in [6, 6.07) is 6.55. The molecule has 20 heavy (non-hydrogen) atoms. The molecule has 2 N–H and O–H groups in total. The topological polar surface area (TPSA) is 49.3 Å². The Morgan fingerprint density at radius 2 is 2.20 bits per heavy atom. The second kappa shape index (κ2) is 7.70. The van der Waals surface area contributed by atoms with E-state index in [1.165, 1.54) is 35.3 Å². The second-order valence-corrected chi connectivity index (χ2v) is 6.54. The standard InChI is InChI=1S/C16H23NO2S/c1-12(7-8-18)10-17-16(19)11-20-15-6-5-13-3-2-4-14(13)9-15/h5-6,9,12,18H,2-4,7-8,10-11H2,1H3,(H,17,19). The average molecular weight is 293 g/mol. The Morgan fingerprint density at radius 1 is 1.40 bits per heavy atom. The number of nitrogens with one attached hydrogen (secondary N) is 1. The van der Waals surface area contributed by atoms with Crippen molar-refractivity contribution in [3.63, 3.8) is 0 Å². The van der Waals surface area contributed by atoms with Gasteiger partial charge >= 0.3 is 0 Å².